The number of hydrogen-bond donors (Lipinski definition) is 0. The van der Waals surface area contributed by atoms with Crippen molar-refractivity contribution in [2.45, 2.75) is 19.6 Å². The zero-order chi connectivity index (χ0) is 21.1. The van der Waals surface area contributed by atoms with Crippen LogP contribution >= 0.6 is 0 Å². The maximum atomic E-state index is 6.06. The molecule has 1 aromatic heterocycles. The molecular weight excluding hydrogens is 384 g/mol. The Hall–Kier alpha value is -3.19. The number of fused-ring (bicyclic) bond motifs is 1. The molecule has 158 valence electrons. The molecule has 4 rings (SSSR count). The lowest BCUT2D eigenvalue weighted by Crippen LogP contribution is -2.39. The van der Waals surface area contributed by atoms with Gasteiger partial charge in [-0.2, -0.15) is 0 Å². The van der Waals surface area contributed by atoms with Gasteiger partial charge in [-0.3, -0.25) is 4.90 Å². The third-order valence-corrected chi connectivity index (χ3v) is 5.03. The average Bonchev–Trinajstić information content (AvgIpc) is 3.12. The zero-order valence-corrected chi connectivity index (χ0v) is 17.7. The Morgan fingerprint density at radius 3 is 2.63 bits per heavy atom. The van der Waals surface area contributed by atoms with Gasteiger partial charge in [0.2, 0.25) is 5.89 Å². The Balaban J connectivity index is 1.46. The van der Waals surface area contributed by atoms with Crippen LogP contribution in [0.5, 0.6) is 23.0 Å². The minimum absolute atomic E-state index is 0.0462. The molecule has 3 aromatic rings. The van der Waals surface area contributed by atoms with E-state index in [0.29, 0.717) is 37.1 Å². The van der Waals surface area contributed by atoms with Gasteiger partial charge in [-0.15, -0.1) is 0 Å². The van der Waals surface area contributed by atoms with Gasteiger partial charge in [0.05, 0.1) is 25.5 Å². The van der Waals surface area contributed by atoms with Crippen LogP contribution < -0.4 is 18.9 Å². The summed E-state index contributed by atoms with van der Waals surface area (Å²) in [6, 6.07) is 13.4. The number of aryl methyl sites for hydroxylation is 1. The molecule has 2 aromatic carbocycles. The molecule has 0 saturated carbocycles. The van der Waals surface area contributed by atoms with Crippen LogP contribution in [0, 0.1) is 6.92 Å². The number of methoxy groups -OCH3 is 2. The first kappa shape index (κ1) is 20.1. The summed E-state index contributed by atoms with van der Waals surface area (Å²) in [6.45, 7) is 3.77. The first-order valence-electron chi connectivity index (χ1n) is 9.83. The van der Waals surface area contributed by atoms with Gasteiger partial charge in [-0.25, -0.2) is 4.98 Å². The van der Waals surface area contributed by atoms with Crippen molar-refractivity contribution in [3.63, 3.8) is 0 Å². The Bertz CT molecular complexity index is 1020. The summed E-state index contributed by atoms with van der Waals surface area (Å²) in [5, 5.41) is 0. The van der Waals surface area contributed by atoms with E-state index in [1.165, 1.54) is 0 Å². The summed E-state index contributed by atoms with van der Waals surface area (Å²) in [4.78, 5) is 6.87. The molecule has 0 radical (unpaired) electrons. The van der Waals surface area contributed by atoms with E-state index >= 15 is 0 Å². The number of nitrogens with zero attached hydrogens (tertiary/aromatic N) is 2. The van der Waals surface area contributed by atoms with Crippen LogP contribution in [-0.2, 0) is 6.54 Å². The predicted octanol–water partition coefficient (Wildman–Crippen LogP) is 3.94. The second-order valence-electron chi connectivity index (χ2n) is 7.26. The summed E-state index contributed by atoms with van der Waals surface area (Å²) in [7, 11) is 5.25. The SMILES string of the molecule is COc1cccc(-c2nc(CN(C)CC3COc4ccccc4O3)c(C)o2)c1OC. The smallest absolute Gasteiger partial charge is 0.230 e. The Labute approximate surface area is 176 Å². The molecule has 0 bridgehead atoms. The second kappa shape index (κ2) is 8.67. The minimum atomic E-state index is -0.0462. The van der Waals surface area contributed by atoms with Gasteiger partial charge in [0.15, 0.2) is 23.0 Å². The highest BCUT2D eigenvalue weighted by molar-refractivity contribution is 5.68. The number of para-hydroxylation sites is 3. The number of rotatable bonds is 7. The van der Waals surface area contributed by atoms with Crippen molar-refractivity contribution in [2.75, 3.05) is 34.4 Å². The molecule has 0 amide bonds. The molecule has 1 aliphatic rings. The largest absolute Gasteiger partial charge is 0.493 e. The molecule has 7 heteroatoms. The van der Waals surface area contributed by atoms with E-state index in [1.807, 2.05) is 56.4 Å². The van der Waals surface area contributed by atoms with Crippen LogP contribution in [0.3, 0.4) is 0 Å². The van der Waals surface area contributed by atoms with Crippen LogP contribution in [0.15, 0.2) is 46.9 Å². The molecule has 30 heavy (non-hydrogen) atoms. The maximum absolute atomic E-state index is 6.06. The number of aromatic nitrogens is 1. The highest BCUT2D eigenvalue weighted by atomic mass is 16.6. The number of hydrogen-bond acceptors (Lipinski definition) is 7. The molecule has 7 nitrogen and oxygen atoms in total. The minimum Gasteiger partial charge on any atom is -0.493 e. The van der Waals surface area contributed by atoms with Gasteiger partial charge >= 0.3 is 0 Å². The van der Waals surface area contributed by atoms with E-state index in [9.17, 15) is 0 Å². The molecule has 0 fully saturated rings. The van der Waals surface area contributed by atoms with E-state index in [2.05, 4.69) is 4.90 Å². The standard InChI is InChI=1S/C23H26N2O5/c1-15-18(24-23(29-15)17-8-7-11-21(26-3)22(17)27-4)13-25(2)12-16-14-28-19-9-5-6-10-20(19)30-16/h5-11,16H,12-14H2,1-4H3. The van der Waals surface area contributed by atoms with E-state index in [4.69, 9.17) is 28.3 Å². The fraction of sp³-hybridized carbons (Fsp3) is 0.348. The lowest BCUT2D eigenvalue weighted by molar-refractivity contribution is 0.0634. The molecule has 0 aliphatic carbocycles. The molecule has 1 atom stereocenters. The Kier molecular flexibility index (Phi) is 5.81. The van der Waals surface area contributed by atoms with E-state index in [-0.39, 0.29) is 6.10 Å². The lowest BCUT2D eigenvalue weighted by atomic mass is 10.2. The van der Waals surface area contributed by atoms with Gasteiger partial charge in [-0.05, 0) is 38.2 Å². The van der Waals surface area contributed by atoms with Crippen molar-refractivity contribution in [1.29, 1.82) is 0 Å². The summed E-state index contributed by atoms with van der Waals surface area (Å²) >= 11 is 0. The van der Waals surface area contributed by atoms with Crippen molar-refractivity contribution in [1.82, 2.24) is 9.88 Å². The fourth-order valence-electron chi connectivity index (χ4n) is 3.57. The van der Waals surface area contributed by atoms with Crippen molar-refractivity contribution in [3.8, 4) is 34.5 Å². The van der Waals surface area contributed by atoms with Gasteiger partial charge < -0.3 is 23.4 Å². The van der Waals surface area contributed by atoms with Crippen LogP contribution in [0.2, 0.25) is 0 Å². The van der Waals surface area contributed by atoms with Gasteiger partial charge in [0, 0.05) is 13.1 Å². The summed E-state index contributed by atoms with van der Waals surface area (Å²) < 4.78 is 28.7. The van der Waals surface area contributed by atoms with Crippen molar-refractivity contribution in [3.05, 3.63) is 53.9 Å². The normalized spacial score (nSPS) is 15.3. The highest BCUT2D eigenvalue weighted by Crippen LogP contribution is 2.38. The molecular formula is C23H26N2O5. The molecule has 2 heterocycles. The number of ether oxygens (including phenoxy) is 4. The molecule has 0 saturated heterocycles. The monoisotopic (exact) mass is 410 g/mol. The predicted molar refractivity (Wildman–Crippen MR) is 112 cm³/mol. The van der Waals surface area contributed by atoms with Crippen molar-refractivity contribution in [2.24, 2.45) is 0 Å². The average molecular weight is 410 g/mol. The molecule has 1 aliphatic heterocycles. The van der Waals surface area contributed by atoms with Crippen molar-refractivity contribution < 1.29 is 23.4 Å². The Morgan fingerprint density at radius 2 is 1.87 bits per heavy atom. The molecule has 0 N–H and O–H groups in total. The maximum Gasteiger partial charge on any atom is 0.230 e. The fourth-order valence-corrected chi connectivity index (χ4v) is 3.57. The van der Waals surface area contributed by atoms with E-state index < -0.39 is 0 Å². The second-order valence-corrected chi connectivity index (χ2v) is 7.26. The molecule has 1 unspecified atom stereocenters. The van der Waals surface area contributed by atoms with E-state index in [0.717, 1.165) is 28.5 Å². The lowest BCUT2D eigenvalue weighted by Gasteiger charge is -2.29. The van der Waals surface area contributed by atoms with Crippen LogP contribution in [0.25, 0.3) is 11.5 Å². The number of likely N-dealkylation sites (N-methyl/N-ethyl adjacent to an activating group) is 1. The van der Waals surface area contributed by atoms with Gasteiger partial charge in [0.25, 0.3) is 0 Å². The highest BCUT2D eigenvalue weighted by Gasteiger charge is 2.23. The number of benzene rings is 2. The third kappa shape index (κ3) is 4.07. The van der Waals surface area contributed by atoms with Crippen LogP contribution in [-0.4, -0.2) is 50.4 Å². The zero-order valence-electron chi connectivity index (χ0n) is 17.7. The summed E-state index contributed by atoms with van der Waals surface area (Å²) in [5.74, 6) is 4.10. The summed E-state index contributed by atoms with van der Waals surface area (Å²) in [5.41, 5.74) is 1.63. The quantitative estimate of drug-likeness (QED) is 0.584. The number of oxazole rings is 1. The van der Waals surface area contributed by atoms with Crippen LogP contribution in [0.4, 0.5) is 0 Å². The van der Waals surface area contributed by atoms with Crippen molar-refractivity contribution >= 4 is 0 Å². The topological polar surface area (TPSA) is 66.2 Å². The molecule has 0 spiro atoms. The first-order valence-corrected chi connectivity index (χ1v) is 9.83. The Morgan fingerprint density at radius 1 is 1.07 bits per heavy atom. The first-order chi connectivity index (χ1) is 14.6. The summed E-state index contributed by atoms with van der Waals surface area (Å²) in [6.07, 6.45) is -0.0462. The van der Waals surface area contributed by atoms with Gasteiger partial charge in [0.1, 0.15) is 18.5 Å². The third-order valence-electron chi connectivity index (χ3n) is 5.03. The van der Waals surface area contributed by atoms with Gasteiger partial charge in [-0.1, -0.05) is 18.2 Å². The van der Waals surface area contributed by atoms with E-state index in [1.54, 1.807) is 14.2 Å². The van der Waals surface area contributed by atoms with Crippen LogP contribution in [0.1, 0.15) is 11.5 Å².